The molecule has 254 valence electrons. The molecule has 0 unspecified atom stereocenters. The van der Waals surface area contributed by atoms with Crippen LogP contribution in [0.3, 0.4) is 0 Å². The highest BCUT2D eigenvalue weighted by atomic mass is 19.1. The predicted molar refractivity (Wildman–Crippen MR) is 216 cm³/mol. The standard InChI is InChI=1S/C49H29F2N3/c50-41-18-11-19-42(51)49(41)35-28-47(53-43-20-9-7-16-36(43)38-26-33(22-24-45(38)53)31-12-3-1-4-13-31)40(30-52)48(29-35)54-44-21-10-8-17-37(44)39-27-34(23-25-46(39)54)32-14-5-2-6-15-32/h1-29H. The molecule has 0 spiro atoms. The number of nitrogens with zero attached hydrogens (tertiary/aromatic N) is 3. The molecular weight excluding hydrogens is 669 g/mol. The van der Waals surface area contributed by atoms with Gasteiger partial charge < -0.3 is 9.13 Å². The number of hydrogen-bond acceptors (Lipinski definition) is 1. The monoisotopic (exact) mass is 697 g/mol. The Morgan fingerprint density at radius 3 is 1.26 bits per heavy atom. The van der Waals surface area contributed by atoms with E-state index in [1.807, 2.05) is 72.8 Å². The van der Waals surface area contributed by atoms with Crippen LogP contribution in [0.25, 0.3) is 88.4 Å². The summed E-state index contributed by atoms with van der Waals surface area (Å²) in [6.07, 6.45) is 0. The molecule has 0 N–H and O–H groups in total. The third-order valence-electron chi connectivity index (χ3n) is 10.5. The molecule has 5 heteroatoms. The van der Waals surface area contributed by atoms with Crippen molar-refractivity contribution in [1.82, 2.24) is 9.13 Å². The zero-order valence-electron chi connectivity index (χ0n) is 28.8. The largest absolute Gasteiger partial charge is 0.308 e. The second kappa shape index (κ2) is 12.4. The minimum absolute atomic E-state index is 0.149. The molecular formula is C49H29F2N3. The third kappa shape index (κ3) is 4.85. The van der Waals surface area contributed by atoms with Crippen LogP contribution in [-0.4, -0.2) is 9.13 Å². The van der Waals surface area contributed by atoms with E-state index in [-0.39, 0.29) is 5.56 Å². The Morgan fingerprint density at radius 2 is 0.796 bits per heavy atom. The maximum atomic E-state index is 15.8. The van der Waals surface area contributed by atoms with Crippen molar-refractivity contribution in [2.24, 2.45) is 0 Å². The summed E-state index contributed by atoms with van der Waals surface area (Å²) in [6.45, 7) is 0. The van der Waals surface area contributed by atoms with Crippen LogP contribution in [0, 0.1) is 23.0 Å². The molecule has 2 heterocycles. The van der Waals surface area contributed by atoms with Crippen molar-refractivity contribution in [3.63, 3.8) is 0 Å². The fourth-order valence-corrected chi connectivity index (χ4v) is 8.08. The topological polar surface area (TPSA) is 33.6 Å². The summed E-state index contributed by atoms with van der Waals surface area (Å²) < 4.78 is 35.7. The highest BCUT2D eigenvalue weighted by Crippen LogP contribution is 2.42. The quantitative estimate of drug-likeness (QED) is 0.176. The molecule has 3 nitrogen and oxygen atoms in total. The van der Waals surface area contributed by atoms with Crippen LogP contribution in [0.4, 0.5) is 8.78 Å². The predicted octanol–water partition coefficient (Wildman–Crippen LogP) is 13.0. The smallest absolute Gasteiger partial charge is 0.133 e. The van der Waals surface area contributed by atoms with Gasteiger partial charge in [-0.1, -0.05) is 115 Å². The minimum atomic E-state index is -0.680. The van der Waals surface area contributed by atoms with Crippen molar-refractivity contribution in [3.8, 4) is 50.8 Å². The summed E-state index contributed by atoms with van der Waals surface area (Å²) in [5.41, 5.74) is 9.42. The molecule has 0 fully saturated rings. The van der Waals surface area contributed by atoms with Gasteiger partial charge in [0.15, 0.2) is 0 Å². The van der Waals surface area contributed by atoms with E-state index in [4.69, 9.17) is 0 Å². The fourth-order valence-electron chi connectivity index (χ4n) is 8.08. The van der Waals surface area contributed by atoms with Crippen LogP contribution in [0.15, 0.2) is 176 Å². The van der Waals surface area contributed by atoms with Gasteiger partial charge in [-0.25, -0.2) is 8.78 Å². The number of benzene rings is 8. The van der Waals surface area contributed by atoms with Crippen LogP contribution in [0.2, 0.25) is 0 Å². The van der Waals surface area contributed by atoms with Gasteiger partial charge in [0.05, 0.1) is 39.0 Å². The van der Waals surface area contributed by atoms with E-state index >= 15 is 8.78 Å². The first-order chi connectivity index (χ1) is 26.6. The Hall–Kier alpha value is -7.29. The SMILES string of the molecule is N#Cc1c(-n2c3ccccc3c3cc(-c4ccccc4)ccc32)cc(-c2c(F)cccc2F)cc1-n1c2ccccc2c2cc(-c3ccccc3)ccc21. The van der Waals surface area contributed by atoms with Crippen molar-refractivity contribution in [2.75, 3.05) is 0 Å². The molecule has 0 saturated heterocycles. The van der Waals surface area contributed by atoms with Gasteiger partial charge in [0.2, 0.25) is 0 Å². The molecule has 8 aromatic carbocycles. The molecule has 10 rings (SSSR count). The molecule has 54 heavy (non-hydrogen) atoms. The Labute approximate surface area is 309 Å². The lowest BCUT2D eigenvalue weighted by molar-refractivity contribution is 0.589. The fraction of sp³-hybridized carbons (Fsp3) is 0. The number of aromatic nitrogens is 2. The van der Waals surface area contributed by atoms with Gasteiger partial charge in [0.25, 0.3) is 0 Å². The number of nitriles is 1. The molecule has 0 amide bonds. The molecule has 0 aliphatic carbocycles. The van der Waals surface area contributed by atoms with Crippen LogP contribution in [0.1, 0.15) is 5.56 Å². The van der Waals surface area contributed by atoms with Crippen molar-refractivity contribution in [1.29, 1.82) is 5.26 Å². The minimum Gasteiger partial charge on any atom is -0.308 e. The first-order valence-corrected chi connectivity index (χ1v) is 17.8. The van der Waals surface area contributed by atoms with E-state index < -0.39 is 11.6 Å². The second-order valence-electron chi connectivity index (χ2n) is 13.5. The van der Waals surface area contributed by atoms with Gasteiger partial charge in [0, 0.05) is 21.5 Å². The van der Waals surface area contributed by atoms with Gasteiger partial charge in [-0.2, -0.15) is 5.26 Å². The summed E-state index contributed by atoms with van der Waals surface area (Å²) >= 11 is 0. The maximum Gasteiger partial charge on any atom is 0.133 e. The van der Waals surface area contributed by atoms with Crippen LogP contribution >= 0.6 is 0 Å². The van der Waals surface area contributed by atoms with Crippen molar-refractivity contribution < 1.29 is 8.78 Å². The second-order valence-corrected chi connectivity index (χ2v) is 13.5. The van der Waals surface area contributed by atoms with E-state index in [9.17, 15) is 5.26 Å². The molecule has 0 saturated carbocycles. The molecule has 0 aliphatic heterocycles. The van der Waals surface area contributed by atoms with Gasteiger partial charge in [-0.3, -0.25) is 0 Å². The summed E-state index contributed by atoms with van der Waals surface area (Å²) in [5.74, 6) is -1.36. The lowest BCUT2D eigenvalue weighted by Crippen LogP contribution is -2.06. The van der Waals surface area contributed by atoms with Gasteiger partial charge in [-0.15, -0.1) is 0 Å². The van der Waals surface area contributed by atoms with Gasteiger partial charge in [-0.05, 0) is 88.5 Å². The number of halogens is 2. The zero-order chi connectivity index (χ0) is 36.3. The van der Waals surface area contributed by atoms with Gasteiger partial charge >= 0.3 is 0 Å². The average Bonchev–Trinajstić information content (AvgIpc) is 3.73. The van der Waals surface area contributed by atoms with Crippen LogP contribution < -0.4 is 0 Å². The first-order valence-electron chi connectivity index (χ1n) is 17.8. The number of para-hydroxylation sites is 2. The Morgan fingerprint density at radius 1 is 0.370 bits per heavy atom. The first kappa shape index (κ1) is 31.4. The van der Waals surface area contributed by atoms with Crippen molar-refractivity contribution in [3.05, 3.63) is 193 Å². The maximum absolute atomic E-state index is 15.8. The molecule has 0 aliphatic rings. The molecule has 0 atom stereocenters. The van der Waals surface area contributed by atoms with Crippen molar-refractivity contribution in [2.45, 2.75) is 0 Å². The Bertz CT molecular complexity index is 2930. The molecule has 0 bridgehead atoms. The summed E-state index contributed by atoms with van der Waals surface area (Å²) in [6, 6.07) is 59.2. The highest BCUT2D eigenvalue weighted by Gasteiger charge is 2.24. The Kier molecular flexibility index (Phi) is 7.24. The average molecular weight is 698 g/mol. The zero-order valence-corrected chi connectivity index (χ0v) is 28.8. The van der Waals surface area contributed by atoms with E-state index in [2.05, 4.69) is 88.0 Å². The summed E-state index contributed by atoms with van der Waals surface area (Å²) in [5, 5.41) is 15.2. The third-order valence-corrected chi connectivity index (χ3v) is 10.5. The van der Waals surface area contributed by atoms with Crippen LogP contribution in [0.5, 0.6) is 0 Å². The molecule has 0 radical (unpaired) electrons. The molecule has 2 aromatic heterocycles. The number of fused-ring (bicyclic) bond motifs is 6. The summed E-state index contributed by atoms with van der Waals surface area (Å²) in [7, 11) is 0. The summed E-state index contributed by atoms with van der Waals surface area (Å²) in [4.78, 5) is 0. The molecule has 10 aromatic rings. The van der Waals surface area contributed by atoms with E-state index in [1.54, 1.807) is 12.1 Å². The van der Waals surface area contributed by atoms with Crippen LogP contribution in [-0.2, 0) is 0 Å². The number of hydrogen-bond donors (Lipinski definition) is 0. The van der Waals surface area contributed by atoms with Crippen molar-refractivity contribution >= 4 is 43.6 Å². The highest BCUT2D eigenvalue weighted by molar-refractivity contribution is 6.12. The number of rotatable bonds is 5. The Balaban J connectivity index is 1.32. The van der Waals surface area contributed by atoms with E-state index in [0.717, 1.165) is 65.9 Å². The lowest BCUT2D eigenvalue weighted by Gasteiger charge is -2.19. The normalized spacial score (nSPS) is 11.5. The van der Waals surface area contributed by atoms with E-state index in [1.165, 1.54) is 18.2 Å². The lowest BCUT2D eigenvalue weighted by atomic mass is 9.99. The van der Waals surface area contributed by atoms with E-state index in [0.29, 0.717) is 22.5 Å². The van der Waals surface area contributed by atoms with Gasteiger partial charge in [0.1, 0.15) is 23.3 Å².